The van der Waals surface area contributed by atoms with Crippen LogP contribution in [0.15, 0.2) is 48.5 Å². The average Bonchev–Trinajstić information content (AvgIpc) is 2.74. The van der Waals surface area contributed by atoms with Gasteiger partial charge in [-0.2, -0.15) is 0 Å². The maximum Gasteiger partial charge on any atom is 0.326 e. The minimum Gasteiger partial charge on any atom is -0.307 e. The standard InChI is InChI=1S/C16H15ClN2O/c1-11-9-12-5-2-3-8-15(12)19(11)16(20)18-14-7-4-6-13(17)10-14/h2-8,10-11H,9H2,1H3,(H,18,20). The van der Waals surface area contributed by atoms with Crippen molar-refractivity contribution in [1.82, 2.24) is 0 Å². The lowest BCUT2D eigenvalue weighted by atomic mass is 10.1. The second-order valence-corrected chi connectivity index (χ2v) is 5.43. The molecule has 1 N–H and O–H groups in total. The summed E-state index contributed by atoms with van der Waals surface area (Å²) in [6.45, 7) is 2.05. The van der Waals surface area contributed by atoms with Crippen molar-refractivity contribution < 1.29 is 4.79 Å². The van der Waals surface area contributed by atoms with Crippen molar-refractivity contribution in [3.63, 3.8) is 0 Å². The van der Waals surface area contributed by atoms with Gasteiger partial charge < -0.3 is 5.32 Å². The van der Waals surface area contributed by atoms with Gasteiger partial charge in [-0.3, -0.25) is 4.90 Å². The fourth-order valence-corrected chi connectivity index (χ4v) is 2.82. The number of nitrogens with one attached hydrogen (secondary N) is 1. The van der Waals surface area contributed by atoms with Crippen LogP contribution in [0.2, 0.25) is 5.02 Å². The van der Waals surface area contributed by atoms with E-state index in [-0.39, 0.29) is 12.1 Å². The van der Waals surface area contributed by atoms with Crippen LogP contribution in [0.25, 0.3) is 0 Å². The van der Waals surface area contributed by atoms with Crippen molar-refractivity contribution in [1.29, 1.82) is 0 Å². The average molecular weight is 287 g/mol. The molecule has 2 aromatic carbocycles. The van der Waals surface area contributed by atoms with E-state index < -0.39 is 0 Å². The number of nitrogens with zero attached hydrogens (tertiary/aromatic N) is 1. The normalized spacial score (nSPS) is 16.9. The summed E-state index contributed by atoms with van der Waals surface area (Å²) >= 11 is 5.93. The van der Waals surface area contributed by atoms with Crippen LogP contribution in [-0.2, 0) is 6.42 Å². The molecule has 1 unspecified atom stereocenters. The van der Waals surface area contributed by atoms with E-state index in [0.29, 0.717) is 10.7 Å². The number of hydrogen-bond acceptors (Lipinski definition) is 1. The second-order valence-electron chi connectivity index (χ2n) is 4.99. The van der Waals surface area contributed by atoms with Crippen LogP contribution in [0.5, 0.6) is 0 Å². The molecule has 0 saturated carbocycles. The van der Waals surface area contributed by atoms with Crippen LogP contribution in [0, 0.1) is 0 Å². The number of urea groups is 1. The van der Waals surface area contributed by atoms with Crippen LogP contribution < -0.4 is 10.2 Å². The van der Waals surface area contributed by atoms with Crippen molar-refractivity contribution >= 4 is 29.0 Å². The van der Waals surface area contributed by atoms with E-state index in [1.165, 1.54) is 5.56 Å². The van der Waals surface area contributed by atoms with Crippen LogP contribution in [0.1, 0.15) is 12.5 Å². The highest BCUT2D eigenvalue weighted by Gasteiger charge is 2.30. The van der Waals surface area contributed by atoms with Gasteiger partial charge in [-0.15, -0.1) is 0 Å². The highest BCUT2D eigenvalue weighted by atomic mass is 35.5. The van der Waals surface area contributed by atoms with E-state index in [2.05, 4.69) is 18.3 Å². The number of anilines is 2. The van der Waals surface area contributed by atoms with E-state index in [0.717, 1.165) is 12.1 Å². The Morgan fingerprint density at radius 2 is 2.05 bits per heavy atom. The third kappa shape index (κ3) is 2.37. The van der Waals surface area contributed by atoms with Crippen molar-refractivity contribution in [2.75, 3.05) is 10.2 Å². The lowest BCUT2D eigenvalue weighted by molar-refractivity contribution is 0.256. The topological polar surface area (TPSA) is 32.3 Å². The number of carbonyl (C=O) groups is 1. The fourth-order valence-electron chi connectivity index (χ4n) is 2.62. The Labute approximate surface area is 123 Å². The Balaban J connectivity index is 1.84. The highest BCUT2D eigenvalue weighted by molar-refractivity contribution is 6.30. The molecule has 1 heterocycles. The summed E-state index contributed by atoms with van der Waals surface area (Å²) in [5, 5.41) is 3.51. The summed E-state index contributed by atoms with van der Waals surface area (Å²) in [6, 6.07) is 15.2. The summed E-state index contributed by atoms with van der Waals surface area (Å²) in [7, 11) is 0. The number of carbonyl (C=O) groups excluding carboxylic acids is 1. The summed E-state index contributed by atoms with van der Waals surface area (Å²) in [4.78, 5) is 14.3. The molecule has 3 rings (SSSR count). The molecule has 0 saturated heterocycles. The number of benzene rings is 2. The smallest absolute Gasteiger partial charge is 0.307 e. The van der Waals surface area contributed by atoms with Crippen molar-refractivity contribution in [3.05, 3.63) is 59.1 Å². The number of amides is 2. The maximum atomic E-state index is 12.5. The zero-order valence-corrected chi connectivity index (χ0v) is 11.9. The van der Waals surface area contributed by atoms with Gasteiger partial charge in [0.05, 0.1) is 0 Å². The first-order valence-electron chi connectivity index (χ1n) is 6.59. The molecule has 1 atom stereocenters. The number of rotatable bonds is 1. The number of hydrogen-bond donors (Lipinski definition) is 1. The van der Waals surface area contributed by atoms with Crippen LogP contribution in [-0.4, -0.2) is 12.1 Å². The highest BCUT2D eigenvalue weighted by Crippen LogP contribution is 2.32. The number of fused-ring (bicyclic) bond motifs is 1. The summed E-state index contributed by atoms with van der Waals surface area (Å²) in [5.41, 5.74) is 2.90. The van der Waals surface area contributed by atoms with Gasteiger partial charge in [0.1, 0.15) is 0 Å². The Kier molecular flexibility index (Phi) is 3.36. The molecule has 2 amide bonds. The zero-order valence-electron chi connectivity index (χ0n) is 11.1. The molecule has 0 fully saturated rings. The SMILES string of the molecule is CC1Cc2ccccc2N1C(=O)Nc1cccc(Cl)c1. The lowest BCUT2D eigenvalue weighted by Crippen LogP contribution is -2.39. The maximum absolute atomic E-state index is 12.5. The van der Waals surface area contributed by atoms with Gasteiger partial charge in [0, 0.05) is 22.4 Å². The Hall–Kier alpha value is -2.00. The third-order valence-electron chi connectivity index (χ3n) is 3.50. The van der Waals surface area contributed by atoms with Gasteiger partial charge in [-0.1, -0.05) is 35.9 Å². The number of halogens is 1. The van der Waals surface area contributed by atoms with Gasteiger partial charge >= 0.3 is 6.03 Å². The quantitative estimate of drug-likeness (QED) is 0.832. The first kappa shape index (κ1) is 13.0. The number of para-hydroxylation sites is 1. The predicted molar refractivity (Wildman–Crippen MR) is 82.6 cm³/mol. The lowest BCUT2D eigenvalue weighted by Gasteiger charge is -2.23. The molecule has 0 aromatic heterocycles. The summed E-state index contributed by atoms with van der Waals surface area (Å²) in [5.74, 6) is 0. The molecular weight excluding hydrogens is 272 g/mol. The first-order chi connectivity index (χ1) is 9.65. The van der Waals surface area contributed by atoms with E-state index in [4.69, 9.17) is 11.6 Å². The minimum atomic E-state index is -0.121. The molecular formula is C16H15ClN2O. The van der Waals surface area contributed by atoms with Gasteiger partial charge in [-0.25, -0.2) is 4.79 Å². The van der Waals surface area contributed by atoms with Crippen LogP contribution in [0.3, 0.4) is 0 Å². The first-order valence-corrected chi connectivity index (χ1v) is 6.96. The molecule has 2 aromatic rings. The molecule has 1 aliphatic rings. The van der Waals surface area contributed by atoms with E-state index in [9.17, 15) is 4.79 Å². The van der Waals surface area contributed by atoms with Crippen molar-refractivity contribution in [2.24, 2.45) is 0 Å². The molecule has 4 heteroatoms. The van der Waals surface area contributed by atoms with Gasteiger partial charge in [0.15, 0.2) is 0 Å². The van der Waals surface area contributed by atoms with Crippen molar-refractivity contribution in [3.8, 4) is 0 Å². The van der Waals surface area contributed by atoms with Crippen LogP contribution in [0.4, 0.5) is 16.2 Å². The fraction of sp³-hybridized carbons (Fsp3) is 0.188. The molecule has 0 spiro atoms. The molecule has 0 aliphatic carbocycles. The molecule has 102 valence electrons. The Morgan fingerprint density at radius 1 is 1.25 bits per heavy atom. The molecule has 3 nitrogen and oxygen atoms in total. The van der Waals surface area contributed by atoms with Gasteiger partial charge in [-0.05, 0) is 43.2 Å². The molecule has 0 radical (unpaired) electrons. The van der Waals surface area contributed by atoms with Crippen molar-refractivity contribution in [2.45, 2.75) is 19.4 Å². The zero-order chi connectivity index (χ0) is 14.1. The largest absolute Gasteiger partial charge is 0.326 e. The second kappa shape index (κ2) is 5.17. The van der Waals surface area contributed by atoms with E-state index in [1.54, 1.807) is 17.0 Å². The molecule has 20 heavy (non-hydrogen) atoms. The van der Waals surface area contributed by atoms with E-state index in [1.807, 2.05) is 30.3 Å². The minimum absolute atomic E-state index is 0.121. The van der Waals surface area contributed by atoms with E-state index >= 15 is 0 Å². The van der Waals surface area contributed by atoms with Crippen LogP contribution >= 0.6 is 11.6 Å². The third-order valence-corrected chi connectivity index (χ3v) is 3.74. The van der Waals surface area contributed by atoms with Gasteiger partial charge in [0.25, 0.3) is 0 Å². The monoisotopic (exact) mass is 286 g/mol. The molecule has 0 bridgehead atoms. The summed E-state index contributed by atoms with van der Waals surface area (Å²) in [6.07, 6.45) is 0.888. The summed E-state index contributed by atoms with van der Waals surface area (Å²) < 4.78 is 0. The molecule has 1 aliphatic heterocycles. The Morgan fingerprint density at radius 3 is 2.85 bits per heavy atom. The van der Waals surface area contributed by atoms with Gasteiger partial charge in [0.2, 0.25) is 0 Å². The predicted octanol–water partition coefficient (Wildman–Crippen LogP) is 4.32. The Bertz CT molecular complexity index is 656.